The first kappa shape index (κ1) is 14.1. The maximum Gasteiger partial charge on any atom is 0.123 e. The van der Waals surface area contributed by atoms with E-state index in [9.17, 15) is 4.39 Å². The number of benzene rings is 2. The van der Waals surface area contributed by atoms with E-state index in [1.807, 2.05) is 37.3 Å². The summed E-state index contributed by atoms with van der Waals surface area (Å²) in [4.78, 5) is 2.09. The fourth-order valence-corrected chi connectivity index (χ4v) is 2.10. The quantitative estimate of drug-likeness (QED) is 0.817. The molecule has 0 aliphatic rings. The molecule has 0 amide bonds. The predicted octanol–water partition coefficient (Wildman–Crippen LogP) is 4.05. The van der Waals surface area contributed by atoms with Gasteiger partial charge in [-0.2, -0.15) is 5.26 Å². The molecule has 2 nitrogen and oxygen atoms in total. The van der Waals surface area contributed by atoms with Gasteiger partial charge in [-0.3, -0.25) is 0 Å². The Balaban J connectivity index is 2.19. The van der Waals surface area contributed by atoms with Crippen LogP contribution in [0.2, 0.25) is 0 Å². The van der Waals surface area contributed by atoms with Gasteiger partial charge in [0.25, 0.3) is 0 Å². The standard InChI is InChI=1S/C17H17FN2/c1-14-6-8-17(9-7-14)20(11-3-10-19)13-15-4-2-5-16(18)12-15/h2,4-9,12H,3,11,13H2,1H3. The van der Waals surface area contributed by atoms with E-state index in [1.54, 1.807) is 6.07 Å². The van der Waals surface area contributed by atoms with Crippen molar-refractivity contribution < 1.29 is 4.39 Å². The summed E-state index contributed by atoms with van der Waals surface area (Å²) in [6.45, 7) is 3.27. The number of halogens is 1. The number of hydrogen-bond donors (Lipinski definition) is 0. The summed E-state index contributed by atoms with van der Waals surface area (Å²) in [7, 11) is 0. The van der Waals surface area contributed by atoms with Gasteiger partial charge in [-0.05, 0) is 36.8 Å². The van der Waals surface area contributed by atoms with E-state index < -0.39 is 0 Å². The summed E-state index contributed by atoms with van der Waals surface area (Å²) in [5, 5.41) is 8.78. The van der Waals surface area contributed by atoms with E-state index in [-0.39, 0.29) is 5.82 Å². The maximum absolute atomic E-state index is 13.3. The Hall–Kier alpha value is -2.34. The van der Waals surface area contributed by atoms with Gasteiger partial charge >= 0.3 is 0 Å². The van der Waals surface area contributed by atoms with Crippen molar-refractivity contribution in [3.05, 3.63) is 65.5 Å². The highest BCUT2D eigenvalue weighted by molar-refractivity contribution is 5.48. The van der Waals surface area contributed by atoms with Crippen LogP contribution in [0.25, 0.3) is 0 Å². The number of aryl methyl sites for hydroxylation is 1. The summed E-state index contributed by atoms with van der Waals surface area (Å²) in [5.74, 6) is -0.230. The Labute approximate surface area is 119 Å². The number of anilines is 1. The molecule has 0 N–H and O–H groups in total. The minimum Gasteiger partial charge on any atom is -0.366 e. The molecule has 0 unspecified atom stereocenters. The summed E-state index contributed by atoms with van der Waals surface area (Å²) in [6, 6.07) is 16.9. The molecule has 0 saturated carbocycles. The van der Waals surface area contributed by atoms with Crippen molar-refractivity contribution >= 4 is 5.69 Å². The van der Waals surface area contributed by atoms with Crippen LogP contribution in [0.4, 0.5) is 10.1 Å². The molecule has 102 valence electrons. The average molecular weight is 268 g/mol. The van der Waals surface area contributed by atoms with Gasteiger partial charge in [0.05, 0.1) is 12.5 Å². The maximum atomic E-state index is 13.3. The summed E-state index contributed by atoms with van der Waals surface area (Å²) < 4.78 is 13.3. The smallest absolute Gasteiger partial charge is 0.123 e. The molecule has 0 radical (unpaired) electrons. The van der Waals surface area contributed by atoms with E-state index in [0.29, 0.717) is 19.5 Å². The Morgan fingerprint density at radius 2 is 1.90 bits per heavy atom. The van der Waals surface area contributed by atoms with Crippen molar-refractivity contribution in [3.8, 4) is 6.07 Å². The highest BCUT2D eigenvalue weighted by Gasteiger charge is 2.07. The molecule has 2 aromatic carbocycles. The largest absolute Gasteiger partial charge is 0.366 e. The molecule has 0 bridgehead atoms. The fraction of sp³-hybridized carbons (Fsp3) is 0.235. The fourth-order valence-electron chi connectivity index (χ4n) is 2.10. The van der Waals surface area contributed by atoms with Gasteiger partial charge < -0.3 is 4.90 Å². The molecule has 0 saturated heterocycles. The van der Waals surface area contributed by atoms with E-state index in [0.717, 1.165) is 11.3 Å². The Morgan fingerprint density at radius 3 is 2.55 bits per heavy atom. The zero-order chi connectivity index (χ0) is 14.4. The Kier molecular flexibility index (Phi) is 4.73. The highest BCUT2D eigenvalue weighted by atomic mass is 19.1. The number of hydrogen-bond acceptors (Lipinski definition) is 2. The van der Waals surface area contributed by atoms with Crippen molar-refractivity contribution in [2.45, 2.75) is 19.9 Å². The lowest BCUT2D eigenvalue weighted by Crippen LogP contribution is -2.23. The zero-order valence-corrected chi connectivity index (χ0v) is 11.5. The molecule has 2 aromatic rings. The minimum atomic E-state index is -0.230. The molecule has 0 aliphatic heterocycles. The average Bonchev–Trinajstić information content (AvgIpc) is 2.44. The summed E-state index contributed by atoms with van der Waals surface area (Å²) in [5.41, 5.74) is 3.15. The third-order valence-electron chi connectivity index (χ3n) is 3.16. The van der Waals surface area contributed by atoms with Gasteiger partial charge in [0.15, 0.2) is 0 Å². The van der Waals surface area contributed by atoms with Crippen LogP contribution in [0.3, 0.4) is 0 Å². The van der Waals surface area contributed by atoms with Gasteiger partial charge in [0.1, 0.15) is 5.82 Å². The first-order valence-electron chi connectivity index (χ1n) is 6.62. The van der Waals surface area contributed by atoms with Crippen molar-refractivity contribution in [3.63, 3.8) is 0 Å². The molecule has 0 atom stereocenters. The molecule has 0 aromatic heterocycles. The number of nitrogens with zero attached hydrogens (tertiary/aromatic N) is 2. The van der Waals surface area contributed by atoms with E-state index in [2.05, 4.69) is 11.0 Å². The van der Waals surface area contributed by atoms with Crippen molar-refractivity contribution in [2.75, 3.05) is 11.4 Å². The van der Waals surface area contributed by atoms with Crippen LogP contribution in [0.15, 0.2) is 48.5 Å². The van der Waals surface area contributed by atoms with Crippen molar-refractivity contribution in [1.82, 2.24) is 0 Å². The van der Waals surface area contributed by atoms with E-state index >= 15 is 0 Å². The second-order valence-corrected chi connectivity index (χ2v) is 4.80. The second kappa shape index (κ2) is 6.72. The van der Waals surface area contributed by atoms with Crippen LogP contribution in [0.1, 0.15) is 17.5 Å². The molecule has 0 aliphatic carbocycles. The van der Waals surface area contributed by atoms with Crippen LogP contribution in [0, 0.1) is 24.1 Å². The van der Waals surface area contributed by atoms with Crippen LogP contribution in [0.5, 0.6) is 0 Å². The summed E-state index contributed by atoms with van der Waals surface area (Å²) in [6.07, 6.45) is 0.448. The molecule has 20 heavy (non-hydrogen) atoms. The molecule has 2 rings (SSSR count). The molecule has 0 heterocycles. The van der Waals surface area contributed by atoms with Crippen LogP contribution in [-0.2, 0) is 6.54 Å². The van der Waals surface area contributed by atoms with Gasteiger partial charge in [0, 0.05) is 18.8 Å². The van der Waals surface area contributed by atoms with Gasteiger partial charge in [-0.25, -0.2) is 4.39 Å². The first-order chi connectivity index (χ1) is 9.69. The molecular weight excluding hydrogens is 251 g/mol. The predicted molar refractivity (Wildman–Crippen MR) is 78.9 cm³/mol. The lowest BCUT2D eigenvalue weighted by atomic mass is 10.1. The van der Waals surface area contributed by atoms with Gasteiger partial charge in [-0.15, -0.1) is 0 Å². The molecule has 0 fully saturated rings. The lowest BCUT2D eigenvalue weighted by Gasteiger charge is -2.24. The van der Waals surface area contributed by atoms with Gasteiger partial charge in [0.2, 0.25) is 0 Å². The highest BCUT2D eigenvalue weighted by Crippen LogP contribution is 2.18. The molecule has 3 heteroatoms. The lowest BCUT2D eigenvalue weighted by molar-refractivity contribution is 0.624. The molecule has 0 spiro atoms. The minimum absolute atomic E-state index is 0.230. The normalized spacial score (nSPS) is 10.1. The third-order valence-corrected chi connectivity index (χ3v) is 3.16. The number of nitriles is 1. The zero-order valence-electron chi connectivity index (χ0n) is 11.5. The second-order valence-electron chi connectivity index (χ2n) is 4.80. The van der Waals surface area contributed by atoms with Crippen molar-refractivity contribution in [1.29, 1.82) is 5.26 Å². The first-order valence-corrected chi connectivity index (χ1v) is 6.62. The van der Waals surface area contributed by atoms with E-state index in [1.165, 1.54) is 17.7 Å². The Bertz CT molecular complexity index is 599. The number of rotatable bonds is 5. The summed E-state index contributed by atoms with van der Waals surface area (Å²) >= 11 is 0. The Morgan fingerprint density at radius 1 is 1.15 bits per heavy atom. The van der Waals surface area contributed by atoms with Gasteiger partial charge in [-0.1, -0.05) is 29.8 Å². The topological polar surface area (TPSA) is 27.0 Å². The van der Waals surface area contributed by atoms with Crippen molar-refractivity contribution in [2.24, 2.45) is 0 Å². The van der Waals surface area contributed by atoms with Crippen LogP contribution in [-0.4, -0.2) is 6.54 Å². The third kappa shape index (κ3) is 3.83. The van der Waals surface area contributed by atoms with E-state index in [4.69, 9.17) is 5.26 Å². The monoisotopic (exact) mass is 268 g/mol. The van der Waals surface area contributed by atoms with Crippen LogP contribution >= 0.6 is 0 Å². The SMILES string of the molecule is Cc1ccc(N(CCC#N)Cc2cccc(F)c2)cc1. The van der Waals surface area contributed by atoms with Crippen LogP contribution < -0.4 is 4.90 Å². The molecular formula is C17H17FN2.